The van der Waals surface area contributed by atoms with Gasteiger partial charge in [-0.2, -0.15) is 0 Å². The highest BCUT2D eigenvalue weighted by molar-refractivity contribution is 6.31. The van der Waals surface area contributed by atoms with E-state index in [2.05, 4.69) is 5.32 Å². The average molecular weight is 298 g/mol. The second-order valence-corrected chi connectivity index (χ2v) is 5.91. The van der Waals surface area contributed by atoms with Crippen molar-refractivity contribution in [3.63, 3.8) is 0 Å². The largest absolute Gasteiger partial charge is 0.382 e. The van der Waals surface area contributed by atoms with E-state index in [1.54, 1.807) is 0 Å². The molecular formula is C16H24ClNO2. The Labute approximate surface area is 126 Å². The molecule has 1 aromatic rings. The summed E-state index contributed by atoms with van der Waals surface area (Å²) in [6.45, 7) is 7.30. The lowest BCUT2D eigenvalue weighted by atomic mass is 9.94. The number of carbonyl (C=O) groups excluding carboxylic acids is 1. The molecule has 0 aliphatic carbocycles. The van der Waals surface area contributed by atoms with Crippen LogP contribution in [0.5, 0.6) is 0 Å². The van der Waals surface area contributed by atoms with Crippen molar-refractivity contribution >= 4 is 17.5 Å². The zero-order valence-electron chi connectivity index (χ0n) is 12.5. The first-order valence-electron chi connectivity index (χ1n) is 7.07. The Balaban J connectivity index is 2.44. The molecule has 0 bridgehead atoms. The third-order valence-corrected chi connectivity index (χ3v) is 3.33. The zero-order valence-corrected chi connectivity index (χ0v) is 13.3. The molecule has 0 spiro atoms. The maximum atomic E-state index is 11.9. The van der Waals surface area contributed by atoms with Gasteiger partial charge in [0.15, 0.2) is 0 Å². The number of nitrogens with one attached hydrogen (secondary N) is 1. The minimum Gasteiger partial charge on any atom is -0.382 e. The molecule has 0 heterocycles. The molecule has 3 nitrogen and oxygen atoms in total. The molecule has 0 aliphatic heterocycles. The van der Waals surface area contributed by atoms with Crippen LogP contribution in [0.2, 0.25) is 5.02 Å². The molecule has 0 unspecified atom stereocenters. The first-order valence-corrected chi connectivity index (χ1v) is 7.44. The van der Waals surface area contributed by atoms with E-state index in [-0.39, 0.29) is 11.4 Å². The Morgan fingerprint density at radius 3 is 2.70 bits per heavy atom. The second kappa shape index (κ2) is 8.28. The highest BCUT2D eigenvalue weighted by Gasteiger charge is 2.21. The summed E-state index contributed by atoms with van der Waals surface area (Å²) in [6.07, 6.45) is 1.96. The monoisotopic (exact) mass is 297 g/mol. The average Bonchev–Trinajstić information content (AvgIpc) is 2.36. The van der Waals surface area contributed by atoms with Gasteiger partial charge in [0.05, 0.1) is 0 Å². The predicted octanol–water partition coefficient (Wildman–Crippen LogP) is 3.59. The van der Waals surface area contributed by atoms with Crippen molar-refractivity contribution in [1.29, 1.82) is 0 Å². The SMILES string of the molecule is CCOCCCC(=O)NC(C)(C)Cc1ccccc1Cl. The Bertz CT molecular complexity index is 432. The van der Waals surface area contributed by atoms with E-state index in [0.29, 0.717) is 26.1 Å². The van der Waals surface area contributed by atoms with Gasteiger partial charge in [0.2, 0.25) is 5.91 Å². The van der Waals surface area contributed by atoms with E-state index in [1.165, 1.54) is 0 Å². The van der Waals surface area contributed by atoms with E-state index >= 15 is 0 Å². The molecule has 0 aliphatic rings. The Kier molecular flexibility index (Phi) is 7.03. The number of halogens is 1. The summed E-state index contributed by atoms with van der Waals surface area (Å²) in [5.74, 6) is 0.0572. The summed E-state index contributed by atoms with van der Waals surface area (Å²) >= 11 is 6.16. The summed E-state index contributed by atoms with van der Waals surface area (Å²) in [5.41, 5.74) is 0.738. The number of carbonyl (C=O) groups is 1. The third-order valence-electron chi connectivity index (χ3n) is 2.96. The molecule has 4 heteroatoms. The van der Waals surface area contributed by atoms with E-state index in [1.807, 2.05) is 45.0 Å². The smallest absolute Gasteiger partial charge is 0.220 e. The lowest BCUT2D eigenvalue weighted by Crippen LogP contribution is -2.45. The molecule has 1 aromatic carbocycles. The van der Waals surface area contributed by atoms with Gasteiger partial charge in [0, 0.05) is 30.2 Å². The van der Waals surface area contributed by atoms with Crippen molar-refractivity contribution in [2.24, 2.45) is 0 Å². The summed E-state index contributed by atoms with van der Waals surface area (Å²) in [4.78, 5) is 11.9. The van der Waals surface area contributed by atoms with E-state index in [4.69, 9.17) is 16.3 Å². The number of benzene rings is 1. The molecule has 20 heavy (non-hydrogen) atoms. The topological polar surface area (TPSA) is 38.3 Å². The molecule has 112 valence electrons. The number of ether oxygens (including phenoxy) is 1. The third kappa shape index (κ3) is 6.40. The molecule has 0 saturated heterocycles. The molecule has 0 aromatic heterocycles. The van der Waals surface area contributed by atoms with Crippen LogP contribution in [-0.4, -0.2) is 24.7 Å². The van der Waals surface area contributed by atoms with Crippen LogP contribution in [0.4, 0.5) is 0 Å². The number of amides is 1. The molecule has 1 N–H and O–H groups in total. The van der Waals surface area contributed by atoms with Crippen molar-refractivity contribution in [2.45, 2.75) is 45.6 Å². The van der Waals surface area contributed by atoms with Gasteiger partial charge >= 0.3 is 0 Å². The fourth-order valence-corrected chi connectivity index (χ4v) is 2.28. The van der Waals surface area contributed by atoms with Gasteiger partial charge in [0.25, 0.3) is 0 Å². The van der Waals surface area contributed by atoms with E-state index in [0.717, 1.165) is 17.0 Å². The van der Waals surface area contributed by atoms with Crippen LogP contribution in [-0.2, 0) is 16.0 Å². The fraction of sp³-hybridized carbons (Fsp3) is 0.562. The van der Waals surface area contributed by atoms with Crippen LogP contribution in [0.1, 0.15) is 39.2 Å². The van der Waals surface area contributed by atoms with E-state index in [9.17, 15) is 4.79 Å². The standard InChI is InChI=1S/C16H24ClNO2/c1-4-20-11-7-10-15(19)18-16(2,3)12-13-8-5-6-9-14(13)17/h5-6,8-9H,4,7,10-12H2,1-3H3,(H,18,19). The highest BCUT2D eigenvalue weighted by Crippen LogP contribution is 2.20. The Morgan fingerprint density at radius 1 is 1.35 bits per heavy atom. The quantitative estimate of drug-likeness (QED) is 0.745. The van der Waals surface area contributed by atoms with Crippen molar-refractivity contribution in [3.05, 3.63) is 34.9 Å². The highest BCUT2D eigenvalue weighted by atomic mass is 35.5. The van der Waals surface area contributed by atoms with Gasteiger partial charge in [-0.05, 0) is 45.2 Å². The first-order chi connectivity index (χ1) is 9.44. The maximum Gasteiger partial charge on any atom is 0.220 e. The normalized spacial score (nSPS) is 11.4. The van der Waals surface area contributed by atoms with Gasteiger partial charge in [-0.15, -0.1) is 0 Å². The lowest BCUT2D eigenvalue weighted by molar-refractivity contribution is -0.123. The molecular weight excluding hydrogens is 274 g/mol. The number of hydrogen-bond acceptors (Lipinski definition) is 2. The van der Waals surface area contributed by atoms with Crippen molar-refractivity contribution in [2.75, 3.05) is 13.2 Å². The zero-order chi connectivity index (χ0) is 15.0. The fourth-order valence-electron chi connectivity index (χ4n) is 2.08. The minimum absolute atomic E-state index is 0.0572. The summed E-state index contributed by atoms with van der Waals surface area (Å²) in [6, 6.07) is 7.73. The summed E-state index contributed by atoms with van der Waals surface area (Å²) < 4.78 is 5.23. The van der Waals surface area contributed by atoms with Gasteiger partial charge in [0.1, 0.15) is 0 Å². The second-order valence-electron chi connectivity index (χ2n) is 5.50. The minimum atomic E-state index is -0.312. The van der Waals surface area contributed by atoms with Gasteiger partial charge < -0.3 is 10.1 Å². The lowest BCUT2D eigenvalue weighted by Gasteiger charge is -2.27. The van der Waals surface area contributed by atoms with Crippen LogP contribution in [0.15, 0.2) is 24.3 Å². The summed E-state index contributed by atoms with van der Waals surface area (Å²) in [7, 11) is 0. The van der Waals surface area contributed by atoms with Crippen LogP contribution < -0.4 is 5.32 Å². The van der Waals surface area contributed by atoms with Crippen LogP contribution in [0.3, 0.4) is 0 Å². The molecule has 0 fully saturated rings. The van der Waals surface area contributed by atoms with Crippen LogP contribution in [0, 0.1) is 0 Å². The molecule has 0 saturated carbocycles. The number of rotatable bonds is 8. The number of hydrogen-bond donors (Lipinski definition) is 1. The van der Waals surface area contributed by atoms with Crippen molar-refractivity contribution < 1.29 is 9.53 Å². The van der Waals surface area contributed by atoms with E-state index < -0.39 is 0 Å². The Hall–Kier alpha value is -1.06. The van der Waals surface area contributed by atoms with Gasteiger partial charge in [-0.3, -0.25) is 4.79 Å². The predicted molar refractivity (Wildman–Crippen MR) is 83.1 cm³/mol. The van der Waals surface area contributed by atoms with Gasteiger partial charge in [-0.1, -0.05) is 29.8 Å². The molecule has 1 rings (SSSR count). The molecule has 0 atom stereocenters. The van der Waals surface area contributed by atoms with Crippen molar-refractivity contribution in [1.82, 2.24) is 5.32 Å². The van der Waals surface area contributed by atoms with Gasteiger partial charge in [-0.25, -0.2) is 0 Å². The maximum absolute atomic E-state index is 11.9. The first kappa shape index (κ1) is 17.0. The van der Waals surface area contributed by atoms with Crippen LogP contribution in [0.25, 0.3) is 0 Å². The molecule has 0 radical (unpaired) electrons. The summed E-state index contributed by atoms with van der Waals surface area (Å²) in [5, 5.41) is 3.80. The van der Waals surface area contributed by atoms with Crippen molar-refractivity contribution in [3.8, 4) is 0 Å². The van der Waals surface area contributed by atoms with Crippen LogP contribution >= 0.6 is 11.6 Å². The molecule has 1 amide bonds. The Morgan fingerprint density at radius 2 is 2.05 bits per heavy atom.